The van der Waals surface area contributed by atoms with Gasteiger partial charge in [0.2, 0.25) is 0 Å². The van der Waals surface area contributed by atoms with Crippen LogP contribution in [-0.2, 0) is 12.8 Å². The lowest BCUT2D eigenvalue weighted by molar-refractivity contribution is 0.478. The zero-order valence-electron chi connectivity index (χ0n) is 12.0. The molecule has 0 fully saturated rings. The van der Waals surface area contributed by atoms with Gasteiger partial charge in [-0.3, -0.25) is 0 Å². The van der Waals surface area contributed by atoms with Crippen LogP contribution in [0.1, 0.15) is 18.1 Å². The molecule has 2 aromatic rings. The molecule has 0 radical (unpaired) electrons. The van der Waals surface area contributed by atoms with Crippen LogP contribution >= 0.6 is 22.6 Å². The van der Waals surface area contributed by atoms with E-state index in [2.05, 4.69) is 89.4 Å². The summed E-state index contributed by atoms with van der Waals surface area (Å²) in [4.78, 5) is 0. The van der Waals surface area contributed by atoms with Crippen molar-refractivity contribution < 1.29 is 0 Å². The van der Waals surface area contributed by atoms with Crippen molar-refractivity contribution >= 4 is 22.6 Å². The molecule has 0 saturated heterocycles. The third kappa shape index (κ3) is 5.25. The van der Waals surface area contributed by atoms with Crippen molar-refractivity contribution in [3.05, 3.63) is 69.3 Å². The predicted octanol–water partition coefficient (Wildman–Crippen LogP) is 4.30. The highest BCUT2D eigenvalue weighted by Crippen LogP contribution is 2.15. The first-order chi connectivity index (χ1) is 9.78. The Morgan fingerprint density at radius 1 is 0.900 bits per heavy atom. The Kier molecular flexibility index (Phi) is 6.54. The van der Waals surface area contributed by atoms with E-state index >= 15 is 0 Å². The molecule has 0 spiro atoms. The van der Waals surface area contributed by atoms with E-state index in [4.69, 9.17) is 0 Å². The van der Waals surface area contributed by atoms with Crippen LogP contribution in [0.2, 0.25) is 0 Å². The second-order valence-electron chi connectivity index (χ2n) is 5.19. The Balaban J connectivity index is 2.01. The molecule has 0 aliphatic carbocycles. The van der Waals surface area contributed by atoms with Crippen molar-refractivity contribution in [3.8, 4) is 0 Å². The molecule has 1 N–H and O–H groups in total. The number of nitrogens with one attached hydrogen (secondary N) is 1. The minimum Gasteiger partial charge on any atom is -0.317 e. The van der Waals surface area contributed by atoms with E-state index in [0.29, 0.717) is 5.92 Å². The fourth-order valence-electron chi connectivity index (χ4n) is 2.47. The maximum atomic E-state index is 3.50. The third-order valence-electron chi connectivity index (χ3n) is 3.49. The van der Waals surface area contributed by atoms with Crippen LogP contribution in [0.4, 0.5) is 0 Å². The minimum absolute atomic E-state index is 0.650. The zero-order chi connectivity index (χ0) is 14.2. The molecule has 0 aliphatic rings. The maximum Gasteiger partial charge on any atom is 0.0130 e. The number of rotatable bonds is 7. The first-order valence-electron chi connectivity index (χ1n) is 7.27. The highest BCUT2D eigenvalue weighted by molar-refractivity contribution is 14.1. The summed E-state index contributed by atoms with van der Waals surface area (Å²) >= 11 is 2.36. The standard InChI is InChI=1S/C18H22IN/c1-2-20-14-17(12-15-6-4-3-5-7-15)13-16-8-10-18(19)11-9-16/h3-11,17,20H,2,12-14H2,1H3. The molecule has 0 bridgehead atoms. The van der Waals surface area contributed by atoms with E-state index in [-0.39, 0.29) is 0 Å². The molecule has 0 aromatic heterocycles. The van der Waals surface area contributed by atoms with Gasteiger partial charge >= 0.3 is 0 Å². The highest BCUT2D eigenvalue weighted by atomic mass is 127. The van der Waals surface area contributed by atoms with Gasteiger partial charge in [-0.05, 0) is 77.7 Å². The van der Waals surface area contributed by atoms with Crippen molar-refractivity contribution in [3.63, 3.8) is 0 Å². The Hall–Kier alpha value is -0.870. The van der Waals surface area contributed by atoms with E-state index in [1.54, 1.807) is 0 Å². The molecule has 2 heteroatoms. The van der Waals surface area contributed by atoms with Crippen molar-refractivity contribution in [1.29, 1.82) is 0 Å². The van der Waals surface area contributed by atoms with Crippen LogP contribution in [0.5, 0.6) is 0 Å². The molecular weight excluding hydrogens is 357 g/mol. The third-order valence-corrected chi connectivity index (χ3v) is 4.21. The average molecular weight is 379 g/mol. The molecule has 2 aromatic carbocycles. The Morgan fingerprint density at radius 3 is 2.10 bits per heavy atom. The smallest absolute Gasteiger partial charge is 0.0130 e. The minimum atomic E-state index is 0.650. The monoisotopic (exact) mass is 379 g/mol. The van der Waals surface area contributed by atoms with Crippen molar-refractivity contribution in [2.24, 2.45) is 5.92 Å². The maximum absolute atomic E-state index is 3.50. The number of hydrogen-bond donors (Lipinski definition) is 1. The summed E-state index contributed by atoms with van der Waals surface area (Å²) in [7, 11) is 0. The van der Waals surface area contributed by atoms with E-state index < -0.39 is 0 Å². The summed E-state index contributed by atoms with van der Waals surface area (Å²) in [6.07, 6.45) is 2.28. The zero-order valence-corrected chi connectivity index (χ0v) is 14.1. The van der Waals surface area contributed by atoms with Gasteiger partial charge < -0.3 is 5.32 Å². The molecule has 2 rings (SSSR count). The second-order valence-corrected chi connectivity index (χ2v) is 6.44. The van der Waals surface area contributed by atoms with Crippen molar-refractivity contribution in [2.75, 3.05) is 13.1 Å². The fraction of sp³-hybridized carbons (Fsp3) is 0.333. The number of hydrogen-bond acceptors (Lipinski definition) is 1. The van der Waals surface area contributed by atoms with Crippen LogP contribution in [0.15, 0.2) is 54.6 Å². The van der Waals surface area contributed by atoms with Crippen molar-refractivity contribution in [2.45, 2.75) is 19.8 Å². The van der Waals surface area contributed by atoms with Gasteiger partial charge in [0.05, 0.1) is 0 Å². The molecular formula is C18H22IN. The van der Waals surface area contributed by atoms with Gasteiger partial charge in [0.25, 0.3) is 0 Å². The van der Waals surface area contributed by atoms with E-state index in [1.807, 2.05) is 0 Å². The molecule has 1 atom stereocenters. The van der Waals surface area contributed by atoms with Gasteiger partial charge in [-0.25, -0.2) is 0 Å². The second kappa shape index (κ2) is 8.42. The van der Waals surface area contributed by atoms with Crippen molar-refractivity contribution in [1.82, 2.24) is 5.32 Å². The van der Waals surface area contributed by atoms with Crippen LogP contribution in [0.3, 0.4) is 0 Å². The molecule has 106 valence electrons. The molecule has 20 heavy (non-hydrogen) atoms. The molecule has 0 heterocycles. The first-order valence-corrected chi connectivity index (χ1v) is 8.35. The average Bonchev–Trinajstić information content (AvgIpc) is 2.48. The molecule has 1 unspecified atom stereocenters. The normalized spacial score (nSPS) is 12.3. The molecule has 0 saturated carbocycles. The van der Waals surface area contributed by atoms with Crippen LogP contribution in [0, 0.1) is 9.49 Å². The largest absolute Gasteiger partial charge is 0.317 e. The summed E-state index contributed by atoms with van der Waals surface area (Å²) < 4.78 is 1.30. The van der Waals surface area contributed by atoms with E-state index in [0.717, 1.165) is 25.9 Å². The molecule has 1 nitrogen and oxygen atoms in total. The van der Waals surface area contributed by atoms with Gasteiger partial charge in [0.1, 0.15) is 0 Å². The fourth-order valence-corrected chi connectivity index (χ4v) is 2.83. The Bertz CT molecular complexity index is 493. The summed E-state index contributed by atoms with van der Waals surface area (Å²) in [5.41, 5.74) is 2.87. The van der Waals surface area contributed by atoms with Gasteiger partial charge in [-0.15, -0.1) is 0 Å². The van der Waals surface area contributed by atoms with E-state index in [9.17, 15) is 0 Å². The number of benzene rings is 2. The molecule has 0 aliphatic heterocycles. The van der Waals surface area contributed by atoms with E-state index in [1.165, 1.54) is 14.7 Å². The Morgan fingerprint density at radius 2 is 1.50 bits per heavy atom. The van der Waals surface area contributed by atoms with Crippen LogP contribution in [0.25, 0.3) is 0 Å². The summed E-state index contributed by atoms with van der Waals surface area (Å²) in [5, 5.41) is 3.50. The summed E-state index contributed by atoms with van der Waals surface area (Å²) in [6.45, 7) is 4.29. The SMILES string of the molecule is CCNCC(Cc1ccccc1)Cc1ccc(I)cc1. The lowest BCUT2D eigenvalue weighted by Crippen LogP contribution is -2.25. The first kappa shape index (κ1) is 15.5. The van der Waals surface area contributed by atoms with Gasteiger partial charge in [0, 0.05) is 3.57 Å². The topological polar surface area (TPSA) is 12.0 Å². The number of halogens is 1. The van der Waals surface area contributed by atoms with Crippen LogP contribution in [-0.4, -0.2) is 13.1 Å². The molecule has 0 amide bonds. The summed E-state index contributed by atoms with van der Waals surface area (Å²) in [5.74, 6) is 0.650. The van der Waals surface area contributed by atoms with Gasteiger partial charge in [-0.1, -0.05) is 49.4 Å². The predicted molar refractivity (Wildman–Crippen MR) is 95.0 cm³/mol. The van der Waals surface area contributed by atoms with Gasteiger partial charge in [-0.2, -0.15) is 0 Å². The lowest BCUT2D eigenvalue weighted by atomic mass is 9.92. The summed E-state index contributed by atoms with van der Waals surface area (Å²) in [6, 6.07) is 19.7. The van der Waals surface area contributed by atoms with Crippen LogP contribution < -0.4 is 5.32 Å². The Labute approximate surface area is 135 Å². The lowest BCUT2D eigenvalue weighted by Gasteiger charge is -2.17. The van der Waals surface area contributed by atoms with Gasteiger partial charge in [0.15, 0.2) is 0 Å². The quantitative estimate of drug-likeness (QED) is 0.708. The highest BCUT2D eigenvalue weighted by Gasteiger charge is 2.10.